The molecule has 2 rings (SSSR count). The summed E-state index contributed by atoms with van der Waals surface area (Å²) in [4.78, 5) is 11.5. The lowest BCUT2D eigenvalue weighted by Crippen LogP contribution is -2.41. The lowest BCUT2D eigenvalue weighted by Gasteiger charge is -2.39. The van der Waals surface area contributed by atoms with Gasteiger partial charge in [0, 0.05) is 25.6 Å². The van der Waals surface area contributed by atoms with Crippen LogP contribution in [0.25, 0.3) is 0 Å². The maximum Gasteiger partial charge on any atom is 0.131 e. The molecule has 0 atom stereocenters. The summed E-state index contributed by atoms with van der Waals surface area (Å²) in [6, 6.07) is 0. The van der Waals surface area contributed by atoms with Gasteiger partial charge >= 0.3 is 0 Å². The topological polar surface area (TPSA) is 55.0 Å². The van der Waals surface area contributed by atoms with Crippen LogP contribution in [0.2, 0.25) is 0 Å². The Balaban J connectivity index is 2.29. The quantitative estimate of drug-likeness (QED) is 0.910. The summed E-state index contributed by atoms with van der Waals surface area (Å²) in [5.41, 5.74) is 8.35. The molecule has 0 unspecified atom stereocenters. The molecule has 2 heterocycles. The standard InChI is InChI=1S/C15H26N4/c1-11(2)14-17-9-13(12(8-16)18-14)19-7-5-6-15(3,4)10-19/h9,11H,5-8,10,16H2,1-4H3. The van der Waals surface area contributed by atoms with E-state index in [0.717, 1.165) is 30.3 Å². The Hall–Kier alpha value is -1.16. The fourth-order valence-electron chi connectivity index (χ4n) is 2.75. The molecule has 0 radical (unpaired) electrons. The predicted octanol–water partition coefficient (Wildman–Crippen LogP) is 2.69. The van der Waals surface area contributed by atoms with Gasteiger partial charge in [0.1, 0.15) is 5.82 Å². The molecule has 1 saturated heterocycles. The second kappa shape index (κ2) is 5.45. The average Bonchev–Trinajstić information content (AvgIpc) is 2.36. The van der Waals surface area contributed by atoms with E-state index in [1.807, 2.05) is 6.20 Å². The normalized spacial score (nSPS) is 18.9. The van der Waals surface area contributed by atoms with E-state index in [9.17, 15) is 0 Å². The van der Waals surface area contributed by atoms with Crippen LogP contribution in [0.4, 0.5) is 5.69 Å². The highest BCUT2D eigenvalue weighted by molar-refractivity contribution is 5.49. The molecular formula is C15H26N4. The molecule has 1 aromatic rings. The highest BCUT2D eigenvalue weighted by Crippen LogP contribution is 2.32. The van der Waals surface area contributed by atoms with Crippen molar-refractivity contribution in [3.8, 4) is 0 Å². The zero-order valence-electron chi connectivity index (χ0n) is 12.6. The third-order valence-corrected chi connectivity index (χ3v) is 3.82. The van der Waals surface area contributed by atoms with Gasteiger partial charge in [0.05, 0.1) is 17.6 Å². The smallest absolute Gasteiger partial charge is 0.131 e. The fourth-order valence-corrected chi connectivity index (χ4v) is 2.75. The molecule has 106 valence electrons. The monoisotopic (exact) mass is 262 g/mol. The Morgan fingerprint density at radius 1 is 1.42 bits per heavy atom. The highest BCUT2D eigenvalue weighted by atomic mass is 15.2. The Morgan fingerprint density at radius 3 is 2.74 bits per heavy atom. The Labute approximate surface area is 116 Å². The third kappa shape index (κ3) is 3.24. The van der Waals surface area contributed by atoms with Gasteiger partial charge in [0.15, 0.2) is 0 Å². The van der Waals surface area contributed by atoms with Crippen molar-refractivity contribution < 1.29 is 0 Å². The van der Waals surface area contributed by atoms with Crippen molar-refractivity contribution >= 4 is 5.69 Å². The number of aromatic nitrogens is 2. The van der Waals surface area contributed by atoms with Crippen LogP contribution >= 0.6 is 0 Å². The van der Waals surface area contributed by atoms with Gasteiger partial charge in [-0.1, -0.05) is 27.7 Å². The molecule has 0 saturated carbocycles. The largest absolute Gasteiger partial charge is 0.368 e. The number of nitrogens with two attached hydrogens (primary N) is 1. The summed E-state index contributed by atoms with van der Waals surface area (Å²) in [5.74, 6) is 1.23. The molecular weight excluding hydrogens is 236 g/mol. The van der Waals surface area contributed by atoms with Gasteiger partial charge in [0.2, 0.25) is 0 Å². The van der Waals surface area contributed by atoms with Crippen molar-refractivity contribution in [2.24, 2.45) is 11.1 Å². The number of hydrogen-bond acceptors (Lipinski definition) is 4. The molecule has 0 aromatic carbocycles. The van der Waals surface area contributed by atoms with Crippen molar-refractivity contribution in [3.05, 3.63) is 17.7 Å². The zero-order valence-corrected chi connectivity index (χ0v) is 12.6. The number of rotatable bonds is 3. The minimum Gasteiger partial charge on any atom is -0.368 e. The number of hydrogen-bond donors (Lipinski definition) is 1. The van der Waals surface area contributed by atoms with Crippen molar-refractivity contribution in [1.29, 1.82) is 0 Å². The molecule has 0 bridgehead atoms. The summed E-state index contributed by atoms with van der Waals surface area (Å²) < 4.78 is 0. The molecule has 19 heavy (non-hydrogen) atoms. The van der Waals surface area contributed by atoms with Crippen LogP contribution in [0, 0.1) is 5.41 Å². The van der Waals surface area contributed by atoms with Crippen molar-refractivity contribution in [2.75, 3.05) is 18.0 Å². The minimum atomic E-state index is 0.345. The lowest BCUT2D eigenvalue weighted by molar-refractivity contribution is 0.292. The molecule has 1 fully saturated rings. The minimum absolute atomic E-state index is 0.345. The van der Waals surface area contributed by atoms with Crippen molar-refractivity contribution in [2.45, 2.75) is 53.0 Å². The lowest BCUT2D eigenvalue weighted by atomic mass is 9.84. The average molecular weight is 262 g/mol. The predicted molar refractivity (Wildman–Crippen MR) is 79.2 cm³/mol. The van der Waals surface area contributed by atoms with E-state index in [1.165, 1.54) is 12.8 Å². The Kier molecular flexibility index (Phi) is 4.09. The fraction of sp³-hybridized carbons (Fsp3) is 0.733. The summed E-state index contributed by atoms with van der Waals surface area (Å²) in [7, 11) is 0. The number of nitrogens with zero attached hydrogens (tertiary/aromatic N) is 3. The highest BCUT2D eigenvalue weighted by Gasteiger charge is 2.28. The number of piperidine rings is 1. The van der Waals surface area contributed by atoms with E-state index in [1.54, 1.807) is 0 Å². The van der Waals surface area contributed by atoms with E-state index in [-0.39, 0.29) is 0 Å². The van der Waals surface area contributed by atoms with Crippen LogP contribution in [0.1, 0.15) is 58.0 Å². The molecule has 0 spiro atoms. The first-order valence-electron chi connectivity index (χ1n) is 7.24. The van der Waals surface area contributed by atoms with E-state index in [2.05, 4.69) is 42.6 Å². The van der Waals surface area contributed by atoms with E-state index in [0.29, 0.717) is 17.9 Å². The second-order valence-corrected chi connectivity index (χ2v) is 6.61. The molecule has 2 N–H and O–H groups in total. The molecule has 0 aliphatic carbocycles. The van der Waals surface area contributed by atoms with Crippen molar-refractivity contribution in [1.82, 2.24) is 9.97 Å². The summed E-state index contributed by atoms with van der Waals surface area (Å²) in [6.45, 7) is 11.5. The van der Waals surface area contributed by atoms with Gasteiger partial charge in [-0.3, -0.25) is 0 Å². The van der Waals surface area contributed by atoms with Crippen LogP contribution in [0.15, 0.2) is 6.20 Å². The van der Waals surface area contributed by atoms with E-state index in [4.69, 9.17) is 5.73 Å². The summed E-state index contributed by atoms with van der Waals surface area (Å²) >= 11 is 0. The maximum absolute atomic E-state index is 5.88. The van der Waals surface area contributed by atoms with Crippen molar-refractivity contribution in [3.63, 3.8) is 0 Å². The van der Waals surface area contributed by atoms with Gasteiger partial charge < -0.3 is 10.6 Å². The first-order valence-corrected chi connectivity index (χ1v) is 7.24. The second-order valence-electron chi connectivity index (χ2n) is 6.61. The van der Waals surface area contributed by atoms with Crippen LogP contribution in [-0.4, -0.2) is 23.1 Å². The molecule has 1 aliphatic rings. The summed E-state index contributed by atoms with van der Waals surface area (Å²) in [5, 5.41) is 0. The molecule has 0 amide bonds. The Bertz CT molecular complexity index is 440. The van der Waals surface area contributed by atoms with Crippen LogP contribution in [-0.2, 0) is 6.54 Å². The van der Waals surface area contributed by atoms with Gasteiger partial charge in [-0.25, -0.2) is 9.97 Å². The van der Waals surface area contributed by atoms with Crippen LogP contribution < -0.4 is 10.6 Å². The SMILES string of the molecule is CC(C)c1ncc(N2CCCC(C)(C)C2)c(CN)n1. The molecule has 4 heteroatoms. The van der Waals surface area contributed by atoms with Crippen LogP contribution in [0.5, 0.6) is 0 Å². The zero-order chi connectivity index (χ0) is 14.0. The van der Waals surface area contributed by atoms with E-state index >= 15 is 0 Å². The molecule has 4 nitrogen and oxygen atoms in total. The molecule has 1 aromatic heterocycles. The maximum atomic E-state index is 5.88. The summed E-state index contributed by atoms with van der Waals surface area (Å²) in [6.07, 6.45) is 4.47. The number of anilines is 1. The van der Waals surface area contributed by atoms with Gasteiger partial charge in [0.25, 0.3) is 0 Å². The van der Waals surface area contributed by atoms with Gasteiger partial charge in [-0.15, -0.1) is 0 Å². The Morgan fingerprint density at radius 2 is 2.16 bits per heavy atom. The first-order chi connectivity index (χ1) is 8.93. The van der Waals surface area contributed by atoms with Crippen LogP contribution in [0.3, 0.4) is 0 Å². The molecule has 1 aliphatic heterocycles. The van der Waals surface area contributed by atoms with Gasteiger partial charge in [-0.2, -0.15) is 0 Å². The third-order valence-electron chi connectivity index (χ3n) is 3.82. The first kappa shape index (κ1) is 14.3. The van der Waals surface area contributed by atoms with Gasteiger partial charge in [-0.05, 0) is 18.3 Å². The van der Waals surface area contributed by atoms with E-state index < -0.39 is 0 Å².